The molecule has 1 fully saturated rings. The number of amides is 1. The second kappa shape index (κ2) is 7.12. The highest BCUT2D eigenvalue weighted by Crippen LogP contribution is 2.24. The molecule has 0 spiro atoms. The molecular formula is C21H19FN4O. The molecule has 1 saturated heterocycles. The van der Waals surface area contributed by atoms with Crippen LogP contribution in [0.5, 0.6) is 0 Å². The van der Waals surface area contributed by atoms with Gasteiger partial charge in [0.2, 0.25) is 5.91 Å². The van der Waals surface area contributed by atoms with Gasteiger partial charge < -0.3 is 14.8 Å². The molecule has 136 valence electrons. The van der Waals surface area contributed by atoms with Crippen molar-refractivity contribution in [3.8, 4) is 6.07 Å². The number of H-pyrrole nitrogens is 1. The lowest BCUT2D eigenvalue weighted by Crippen LogP contribution is -2.49. The molecule has 6 heteroatoms. The first-order valence-electron chi connectivity index (χ1n) is 8.93. The molecule has 0 bridgehead atoms. The summed E-state index contributed by atoms with van der Waals surface area (Å²) in [6.45, 7) is 2.28. The first-order valence-corrected chi connectivity index (χ1v) is 8.93. The van der Waals surface area contributed by atoms with Crippen molar-refractivity contribution in [3.05, 3.63) is 65.6 Å². The standard InChI is InChI=1S/C21H19FN4O/c22-18-5-3-7-20(17(18)13-23)25-8-10-26(11-9-25)21(27)12-15-14-24-19-6-2-1-4-16(15)19/h1-7,14,24H,8-12H2. The van der Waals surface area contributed by atoms with Crippen molar-refractivity contribution in [2.24, 2.45) is 0 Å². The van der Waals surface area contributed by atoms with Crippen molar-refractivity contribution in [2.75, 3.05) is 31.1 Å². The number of benzene rings is 2. The fourth-order valence-corrected chi connectivity index (χ4v) is 3.64. The van der Waals surface area contributed by atoms with E-state index in [-0.39, 0.29) is 11.5 Å². The second-order valence-corrected chi connectivity index (χ2v) is 6.65. The fourth-order valence-electron chi connectivity index (χ4n) is 3.64. The third kappa shape index (κ3) is 3.24. The van der Waals surface area contributed by atoms with Crippen LogP contribution in [0.1, 0.15) is 11.1 Å². The van der Waals surface area contributed by atoms with Gasteiger partial charge in [0.05, 0.1) is 12.1 Å². The van der Waals surface area contributed by atoms with Crippen LogP contribution in [0.15, 0.2) is 48.7 Å². The van der Waals surface area contributed by atoms with E-state index in [1.165, 1.54) is 6.07 Å². The Morgan fingerprint density at radius 3 is 2.67 bits per heavy atom. The van der Waals surface area contributed by atoms with Crippen LogP contribution >= 0.6 is 0 Å². The smallest absolute Gasteiger partial charge is 0.227 e. The van der Waals surface area contributed by atoms with E-state index in [1.54, 1.807) is 12.1 Å². The number of anilines is 1. The van der Waals surface area contributed by atoms with Crippen LogP contribution in [0.3, 0.4) is 0 Å². The van der Waals surface area contributed by atoms with E-state index in [1.807, 2.05) is 46.3 Å². The quantitative estimate of drug-likeness (QED) is 0.779. The third-order valence-corrected chi connectivity index (χ3v) is 5.09. The summed E-state index contributed by atoms with van der Waals surface area (Å²) >= 11 is 0. The fraction of sp³-hybridized carbons (Fsp3) is 0.238. The Labute approximate surface area is 156 Å². The van der Waals surface area contributed by atoms with Crippen molar-refractivity contribution in [1.29, 1.82) is 5.26 Å². The van der Waals surface area contributed by atoms with Crippen LogP contribution in [0, 0.1) is 17.1 Å². The van der Waals surface area contributed by atoms with Crippen molar-refractivity contribution in [1.82, 2.24) is 9.88 Å². The van der Waals surface area contributed by atoms with E-state index in [0.29, 0.717) is 38.3 Å². The van der Waals surface area contributed by atoms with Gasteiger partial charge in [0.1, 0.15) is 17.4 Å². The van der Waals surface area contributed by atoms with Crippen LogP contribution in [0.25, 0.3) is 10.9 Å². The van der Waals surface area contributed by atoms with Crippen LogP contribution in [-0.4, -0.2) is 42.0 Å². The molecule has 1 N–H and O–H groups in total. The van der Waals surface area contributed by atoms with Gasteiger partial charge in [0.25, 0.3) is 0 Å². The third-order valence-electron chi connectivity index (χ3n) is 5.09. The number of rotatable bonds is 3. The number of fused-ring (bicyclic) bond motifs is 1. The summed E-state index contributed by atoms with van der Waals surface area (Å²) in [7, 11) is 0. The number of halogens is 1. The van der Waals surface area contributed by atoms with E-state index in [4.69, 9.17) is 0 Å². The zero-order valence-corrected chi connectivity index (χ0v) is 14.8. The minimum Gasteiger partial charge on any atom is -0.367 e. The maximum Gasteiger partial charge on any atom is 0.227 e. The van der Waals surface area contributed by atoms with Crippen molar-refractivity contribution < 1.29 is 9.18 Å². The minimum atomic E-state index is -0.507. The number of para-hydroxylation sites is 1. The molecular weight excluding hydrogens is 343 g/mol. The molecule has 27 heavy (non-hydrogen) atoms. The maximum absolute atomic E-state index is 13.8. The van der Waals surface area contributed by atoms with Gasteiger partial charge in [-0.3, -0.25) is 4.79 Å². The van der Waals surface area contributed by atoms with E-state index in [2.05, 4.69) is 4.98 Å². The molecule has 0 saturated carbocycles. The number of nitrogens with one attached hydrogen (secondary N) is 1. The van der Waals surface area contributed by atoms with Crippen molar-refractivity contribution in [3.63, 3.8) is 0 Å². The average Bonchev–Trinajstić information content (AvgIpc) is 3.11. The Hall–Kier alpha value is -3.33. The summed E-state index contributed by atoms with van der Waals surface area (Å²) in [5, 5.41) is 10.3. The molecule has 0 radical (unpaired) electrons. The molecule has 1 aliphatic heterocycles. The Bertz CT molecular complexity index is 1030. The largest absolute Gasteiger partial charge is 0.367 e. The van der Waals surface area contributed by atoms with E-state index >= 15 is 0 Å². The zero-order valence-electron chi connectivity index (χ0n) is 14.8. The molecule has 0 atom stereocenters. The summed E-state index contributed by atoms with van der Waals surface area (Å²) < 4.78 is 13.8. The summed E-state index contributed by atoms with van der Waals surface area (Å²) in [4.78, 5) is 19.7. The highest BCUT2D eigenvalue weighted by atomic mass is 19.1. The van der Waals surface area contributed by atoms with E-state index < -0.39 is 5.82 Å². The molecule has 1 amide bonds. The van der Waals surface area contributed by atoms with Crippen LogP contribution in [0.4, 0.5) is 10.1 Å². The van der Waals surface area contributed by atoms with E-state index in [0.717, 1.165) is 16.5 Å². The van der Waals surface area contributed by atoms with Gasteiger partial charge in [-0.15, -0.1) is 0 Å². The topological polar surface area (TPSA) is 63.1 Å². The molecule has 2 aromatic carbocycles. The number of nitriles is 1. The number of aromatic nitrogens is 1. The molecule has 2 heterocycles. The summed E-state index contributed by atoms with van der Waals surface area (Å²) in [5.41, 5.74) is 2.69. The summed E-state index contributed by atoms with van der Waals surface area (Å²) in [6, 6.07) is 14.5. The predicted octanol–water partition coefficient (Wildman–Crippen LogP) is 3.07. The Kier molecular flexibility index (Phi) is 4.51. The molecule has 4 rings (SSSR count). The lowest BCUT2D eigenvalue weighted by Gasteiger charge is -2.36. The molecule has 1 aromatic heterocycles. The SMILES string of the molecule is N#Cc1c(F)cccc1N1CCN(C(=O)Cc2c[nH]c3ccccc23)CC1. The van der Waals surface area contributed by atoms with Gasteiger partial charge in [0, 0.05) is 43.3 Å². The number of piperazine rings is 1. The Balaban J connectivity index is 1.43. The highest BCUT2D eigenvalue weighted by Gasteiger charge is 2.24. The lowest BCUT2D eigenvalue weighted by atomic mass is 10.1. The average molecular weight is 362 g/mol. The van der Waals surface area contributed by atoms with Gasteiger partial charge in [-0.1, -0.05) is 24.3 Å². The number of aromatic amines is 1. The van der Waals surface area contributed by atoms with Gasteiger partial charge >= 0.3 is 0 Å². The van der Waals surface area contributed by atoms with Gasteiger partial charge in [0.15, 0.2) is 0 Å². The summed E-state index contributed by atoms with van der Waals surface area (Å²) in [5.74, 6) is -0.424. The molecule has 0 unspecified atom stereocenters. The van der Waals surface area contributed by atoms with Crippen molar-refractivity contribution in [2.45, 2.75) is 6.42 Å². The van der Waals surface area contributed by atoms with Crippen LogP contribution in [-0.2, 0) is 11.2 Å². The first kappa shape index (κ1) is 17.1. The van der Waals surface area contributed by atoms with Crippen LogP contribution < -0.4 is 4.90 Å². The van der Waals surface area contributed by atoms with Crippen LogP contribution in [0.2, 0.25) is 0 Å². The number of nitrogens with zero attached hydrogens (tertiary/aromatic N) is 3. The maximum atomic E-state index is 13.8. The van der Waals surface area contributed by atoms with Gasteiger partial charge in [-0.25, -0.2) is 4.39 Å². The predicted molar refractivity (Wildman–Crippen MR) is 102 cm³/mol. The molecule has 5 nitrogen and oxygen atoms in total. The molecule has 3 aromatic rings. The number of hydrogen-bond acceptors (Lipinski definition) is 3. The van der Waals surface area contributed by atoms with Crippen molar-refractivity contribution >= 4 is 22.5 Å². The van der Waals surface area contributed by atoms with Gasteiger partial charge in [-0.2, -0.15) is 5.26 Å². The highest BCUT2D eigenvalue weighted by molar-refractivity contribution is 5.89. The van der Waals surface area contributed by atoms with Gasteiger partial charge in [-0.05, 0) is 23.8 Å². The monoisotopic (exact) mass is 362 g/mol. The second-order valence-electron chi connectivity index (χ2n) is 6.65. The summed E-state index contributed by atoms with van der Waals surface area (Å²) in [6.07, 6.45) is 2.25. The normalized spacial score (nSPS) is 14.4. The number of hydrogen-bond donors (Lipinski definition) is 1. The van der Waals surface area contributed by atoms with E-state index in [9.17, 15) is 14.4 Å². The first-order chi connectivity index (χ1) is 13.2. The minimum absolute atomic E-state index is 0.0658. The Morgan fingerprint density at radius 2 is 1.89 bits per heavy atom. The zero-order chi connectivity index (χ0) is 18.8. The molecule has 1 aliphatic rings. The lowest BCUT2D eigenvalue weighted by molar-refractivity contribution is -0.130. The number of carbonyl (C=O) groups is 1. The number of carbonyl (C=O) groups excluding carboxylic acids is 1. The Morgan fingerprint density at radius 1 is 1.11 bits per heavy atom. The molecule has 0 aliphatic carbocycles.